The fourth-order valence-electron chi connectivity index (χ4n) is 1.56. The third-order valence-electron chi connectivity index (χ3n) is 2.13. The van der Waals surface area contributed by atoms with E-state index in [0.29, 0.717) is 18.3 Å². The molecule has 0 fully saturated rings. The second-order valence-corrected chi connectivity index (χ2v) is 3.84. The van der Waals surface area contributed by atoms with Crippen LogP contribution < -0.4 is 4.74 Å². The fraction of sp³-hybridized carbons (Fsp3) is 0.333. The van der Waals surface area contributed by atoms with Gasteiger partial charge in [0.05, 0.1) is 0 Å². The summed E-state index contributed by atoms with van der Waals surface area (Å²) in [5.41, 5.74) is 2.36. The normalized spacial score (nSPS) is 10.4. The van der Waals surface area contributed by atoms with Crippen molar-refractivity contribution in [3.05, 3.63) is 41.0 Å². The van der Waals surface area contributed by atoms with Crippen molar-refractivity contribution in [1.82, 2.24) is 10.1 Å². The van der Waals surface area contributed by atoms with Gasteiger partial charge in [-0.3, -0.25) is 0 Å². The van der Waals surface area contributed by atoms with Crippen molar-refractivity contribution in [2.75, 3.05) is 0 Å². The second-order valence-electron chi connectivity index (χ2n) is 3.84. The van der Waals surface area contributed by atoms with Crippen LogP contribution in [0, 0.1) is 20.8 Å². The highest BCUT2D eigenvalue weighted by Crippen LogP contribution is 2.17. The van der Waals surface area contributed by atoms with Crippen LogP contribution in [-0.2, 0) is 6.61 Å². The second kappa shape index (κ2) is 4.35. The molecule has 4 heteroatoms. The molecule has 0 aliphatic heterocycles. The SMILES string of the molecule is Cc1cc(C)cc(OCc2noc(C)n2)c1. The smallest absolute Gasteiger partial charge is 0.223 e. The summed E-state index contributed by atoms with van der Waals surface area (Å²) in [5, 5.41) is 3.76. The first kappa shape index (κ1) is 10.7. The topological polar surface area (TPSA) is 48.2 Å². The first-order chi connectivity index (χ1) is 7.63. The van der Waals surface area contributed by atoms with E-state index in [0.717, 1.165) is 5.75 Å². The molecule has 2 aromatic rings. The Kier molecular flexibility index (Phi) is 2.90. The van der Waals surface area contributed by atoms with Gasteiger partial charge in [0, 0.05) is 6.92 Å². The number of hydrogen-bond donors (Lipinski definition) is 0. The molecule has 1 aromatic carbocycles. The van der Waals surface area contributed by atoms with Crippen molar-refractivity contribution in [3.8, 4) is 5.75 Å². The summed E-state index contributed by atoms with van der Waals surface area (Å²) in [5.74, 6) is 1.95. The van der Waals surface area contributed by atoms with Gasteiger partial charge in [0.2, 0.25) is 11.7 Å². The van der Waals surface area contributed by atoms with Crippen molar-refractivity contribution in [1.29, 1.82) is 0 Å². The number of aryl methyl sites for hydroxylation is 3. The molecule has 0 saturated carbocycles. The molecule has 4 nitrogen and oxygen atoms in total. The van der Waals surface area contributed by atoms with Gasteiger partial charge < -0.3 is 9.26 Å². The van der Waals surface area contributed by atoms with Crippen molar-refractivity contribution < 1.29 is 9.26 Å². The van der Waals surface area contributed by atoms with E-state index in [9.17, 15) is 0 Å². The standard InChI is InChI=1S/C12H14N2O2/c1-8-4-9(2)6-11(5-8)15-7-12-13-10(3)16-14-12/h4-6H,7H2,1-3H3. The molecule has 0 bridgehead atoms. The van der Waals surface area contributed by atoms with Crippen LogP contribution in [0.25, 0.3) is 0 Å². The Morgan fingerprint density at radius 3 is 2.38 bits per heavy atom. The summed E-state index contributed by atoms with van der Waals surface area (Å²) in [6.45, 7) is 6.17. The molecule has 1 heterocycles. The maximum absolute atomic E-state index is 5.58. The molecule has 0 aliphatic carbocycles. The van der Waals surface area contributed by atoms with Crippen LogP contribution in [0.15, 0.2) is 22.7 Å². The van der Waals surface area contributed by atoms with Gasteiger partial charge in [0.1, 0.15) is 5.75 Å². The van der Waals surface area contributed by atoms with E-state index in [-0.39, 0.29) is 0 Å². The average molecular weight is 218 g/mol. The van der Waals surface area contributed by atoms with E-state index < -0.39 is 0 Å². The van der Waals surface area contributed by atoms with Gasteiger partial charge in [0.25, 0.3) is 0 Å². The Hall–Kier alpha value is -1.84. The first-order valence-corrected chi connectivity index (χ1v) is 5.14. The monoisotopic (exact) mass is 218 g/mol. The van der Waals surface area contributed by atoms with Gasteiger partial charge in [-0.1, -0.05) is 11.2 Å². The third kappa shape index (κ3) is 2.59. The van der Waals surface area contributed by atoms with Gasteiger partial charge >= 0.3 is 0 Å². The predicted molar refractivity (Wildman–Crippen MR) is 59.3 cm³/mol. The Morgan fingerprint density at radius 2 is 1.81 bits per heavy atom. The van der Waals surface area contributed by atoms with Gasteiger partial charge in [-0.2, -0.15) is 4.98 Å². The van der Waals surface area contributed by atoms with Gasteiger partial charge in [-0.15, -0.1) is 0 Å². The molecule has 0 N–H and O–H groups in total. The predicted octanol–water partition coefficient (Wildman–Crippen LogP) is 2.57. The highest BCUT2D eigenvalue weighted by Gasteiger charge is 2.03. The number of nitrogens with zero attached hydrogens (tertiary/aromatic N) is 2. The highest BCUT2D eigenvalue weighted by atomic mass is 16.5. The number of benzene rings is 1. The molecule has 0 unspecified atom stereocenters. The molecule has 0 spiro atoms. The van der Waals surface area contributed by atoms with Gasteiger partial charge in [-0.05, 0) is 37.1 Å². The minimum Gasteiger partial charge on any atom is -0.485 e. The number of aromatic nitrogens is 2. The van der Waals surface area contributed by atoms with Crippen molar-refractivity contribution in [2.45, 2.75) is 27.4 Å². The van der Waals surface area contributed by atoms with Crippen molar-refractivity contribution in [2.24, 2.45) is 0 Å². The maximum Gasteiger partial charge on any atom is 0.223 e. The number of ether oxygens (including phenoxy) is 1. The summed E-state index contributed by atoms with van der Waals surface area (Å²) in [6.07, 6.45) is 0. The lowest BCUT2D eigenvalue weighted by Gasteiger charge is -2.05. The lowest BCUT2D eigenvalue weighted by Crippen LogP contribution is -1.98. The van der Waals surface area contributed by atoms with Crippen LogP contribution in [-0.4, -0.2) is 10.1 Å². The van der Waals surface area contributed by atoms with E-state index in [2.05, 4.69) is 16.2 Å². The molecule has 84 valence electrons. The van der Waals surface area contributed by atoms with E-state index in [1.165, 1.54) is 11.1 Å². The molecule has 2 rings (SSSR count). The lowest BCUT2D eigenvalue weighted by molar-refractivity contribution is 0.285. The Bertz CT molecular complexity index is 471. The molecular formula is C12H14N2O2. The molecule has 1 aromatic heterocycles. The summed E-state index contributed by atoms with van der Waals surface area (Å²) in [7, 11) is 0. The minimum atomic E-state index is 0.334. The number of hydrogen-bond acceptors (Lipinski definition) is 4. The van der Waals surface area contributed by atoms with Crippen LogP contribution in [0.4, 0.5) is 0 Å². The molecule has 0 saturated heterocycles. The van der Waals surface area contributed by atoms with Crippen LogP contribution >= 0.6 is 0 Å². The minimum absolute atomic E-state index is 0.334. The van der Waals surface area contributed by atoms with E-state index >= 15 is 0 Å². The van der Waals surface area contributed by atoms with Crippen molar-refractivity contribution in [3.63, 3.8) is 0 Å². The average Bonchev–Trinajstić information content (AvgIpc) is 2.60. The molecule has 0 atom stereocenters. The molecule has 0 aliphatic rings. The molecular weight excluding hydrogens is 204 g/mol. The Morgan fingerprint density at radius 1 is 1.12 bits per heavy atom. The van der Waals surface area contributed by atoms with Gasteiger partial charge in [-0.25, -0.2) is 0 Å². The summed E-state index contributed by atoms with van der Waals surface area (Å²) >= 11 is 0. The van der Waals surface area contributed by atoms with Crippen LogP contribution in [0.1, 0.15) is 22.8 Å². The molecule has 16 heavy (non-hydrogen) atoms. The molecule has 0 radical (unpaired) electrons. The summed E-state index contributed by atoms with van der Waals surface area (Å²) in [4.78, 5) is 4.07. The quantitative estimate of drug-likeness (QED) is 0.794. The summed E-state index contributed by atoms with van der Waals surface area (Å²) < 4.78 is 10.4. The largest absolute Gasteiger partial charge is 0.485 e. The van der Waals surface area contributed by atoms with Crippen molar-refractivity contribution >= 4 is 0 Å². The van der Waals surface area contributed by atoms with E-state index in [4.69, 9.17) is 9.26 Å². The zero-order valence-corrected chi connectivity index (χ0v) is 9.65. The zero-order chi connectivity index (χ0) is 11.5. The number of rotatable bonds is 3. The molecule has 0 amide bonds. The Balaban J connectivity index is 2.04. The summed E-state index contributed by atoms with van der Waals surface area (Å²) in [6, 6.07) is 6.07. The van der Waals surface area contributed by atoms with E-state index in [1.807, 2.05) is 26.0 Å². The fourth-order valence-corrected chi connectivity index (χ4v) is 1.56. The maximum atomic E-state index is 5.58. The van der Waals surface area contributed by atoms with Gasteiger partial charge in [0.15, 0.2) is 6.61 Å². The van der Waals surface area contributed by atoms with Crippen LogP contribution in [0.2, 0.25) is 0 Å². The van der Waals surface area contributed by atoms with Crippen LogP contribution in [0.5, 0.6) is 5.75 Å². The van der Waals surface area contributed by atoms with E-state index in [1.54, 1.807) is 6.92 Å². The van der Waals surface area contributed by atoms with Crippen LogP contribution in [0.3, 0.4) is 0 Å². The Labute approximate surface area is 94.2 Å². The third-order valence-corrected chi connectivity index (χ3v) is 2.13. The highest BCUT2D eigenvalue weighted by molar-refractivity contribution is 5.32. The zero-order valence-electron chi connectivity index (χ0n) is 9.65. The lowest BCUT2D eigenvalue weighted by atomic mass is 10.1. The first-order valence-electron chi connectivity index (χ1n) is 5.14.